The average molecular weight is 470 g/mol. The molecule has 0 saturated carbocycles. The van der Waals surface area contributed by atoms with Crippen LogP contribution in [0.5, 0.6) is 5.75 Å². The summed E-state index contributed by atoms with van der Waals surface area (Å²) in [6, 6.07) is 13.8. The Kier molecular flexibility index (Phi) is 8.88. The molecule has 168 valence electrons. The average Bonchev–Trinajstić information content (AvgIpc) is 3.07. The number of carbonyl (C=O) groups is 2. The van der Waals surface area contributed by atoms with Crippen molar-refractivity contribution in [1.82, 2.24) is 0 Å². The van der Waals surface area contributed by atoms with Crippen molar-refractivity contribution in [2.24, 2.45) is 0 Å². The highest BCUT2D eigenvalue weighted by molar-refractivity contribution is 8.27. The monoisotopic (exact) mass is 469 g/mol. The highest BCUT2D eigenvalue weighted by Crippen LogP contribution is 2.36. The number of hydrogen-bond acceptors (Lipinski definition) is 5. The molecule has 1 amide bonds. The van der Waals surface area contributed by atoms with Crippen molar-refractivity contribution >= 4 is 51.9 Å². The summed E-state index contributed by atoms with van der Waals surface area (Å²) in [6.07, 6.45) is 9.18. The third-order valence-electron chi connectivity index (χ3n) is 5.11. The van der Waals surface area contributed by atoms with Gasteiger partial charge in [-0.2, -0.15) is 0 Å². The van der Waals surface area contributed by atoms with Gasteiger partial charge in [0.25, 0.3) is 5.91 Å². The maximum Gasteiger partial charge on any atom is 0.335 e. The molecular formula is C25H27NO4S2. The standard InChI is InChI=1S/C25H27NO4S2/c1-2-3-4-5-6-7-16-30-21-14-8-18(9-15-21)17-22-23(27)26(25(31)32-22)20-12-10-19(11-13-20)24(28)29/h8-15,17H,2-7,16H2,1H3,(H,28,29). The highest BCUT2D eigenvalue weighted by atomic mass is 32.2. The molecule has 2 aromatic rings. The predicted molar refractivity (Wildman–Crippen MR) is 134 cm³/mol. The number of ether oxygens (including phenoxy) is 1. The molecule has 1 heterocycles. The van der Waals surface area contributed by atoms with Crippen LogP contribution in [0.15, 0.2) is 53.4 Å². The molecule has 0 aromatic heterocycles. The zero-order valence-electron chi connectivity index (χ0n) is 18.1. The number of nitrogens with zero attached hydrogens (tertiary/aromatic N) is 1. The van der Waals surface area contributed by atoms with Crippen LogP contribution in [0.25, 0.3) is 6.08 Å². The third-order valence-corrected chi connectivity index (χ3v) is 6.41. The van der Waals surface area contributed by atoms with Crippen molar-refractivity contribution in [2.75, 3.05) is 11.5 Å². The molecule has 0 aliphatic carbocycles. The number of carbonyl (C=O) groups excluding carboxylic acids is 1. The van der Waals surface area contributed by atoms with Gasteiger partial charge in [0.2, 0.25) is 0 Å². The van der Waals surface area contributed by atoms with Gasteiger partial charge in [0.05, 0.1) is 22.8 Å². The number of aromatic carboxylic acids is 1. The first-order valence-electron chi connectivity index (χ1n) is 10.8. The minimum Gasteiger partial charge on any atom is -0.494 e. The van der Waals surface area contributed by atoms with Gasteiger partial charge < -0.3 is 9.84 Å². The molecule has 0 radical (unpaired) electrons. The molecule has 32 heavy (non-hydrogen) atoms. The second-order valence-corrected chi connectivity index (χ2v) is 9.23. The van der Waals surface area contributed by atoms with Gasteiger partial charge in [0.15, 0.2) is 4.32 Å². The molecule has 0 bridgehead atoms. The smallest absolute Gasteiger partial charge is 0.335 e. The van der Waals surface area contributed by atoms with Crippen LogP contribution < -0.4 is 9.64 Å². The maximum atomic E-state index is 12.9. The topological polar surface area (TPSA) is 66.8 Å². The number of anilines is 1. The van der Waals surface area contributed by atoms with Crippen molar-refractivity contribution in [3.63, 3.8) is 0 Å². The predicted octanol–water partition coefficient (Wildman–Crippen LogP) is 6.53. The Morgan fingerprint density at radius 2 is 1.69 bits per heavy atom. The Bertz CT molecular complexity index is 984. The maximum absolute atomic E-state index is 12.9. The van der Waals surface area contributed by atoms with Crippen molar-refractivity contribution in [3.05, 3.63) is 64.6 Å². The summed E-state index contributed by atoms with van der Waals surface area (Å²) < 4.78 is 6.23. The van der Waals surface area contributed by atoms with E-state index in [4.69, 9.17) is 22.1 Å². The Morgan fingerprint density at radius 3 is 2.34 bits per heavy atom. The van der Waals surface area contributed by atoms with Gasteiger partial charge >= 0.3 is 5.97 Å². The van der Waals surface area contributed by atoms with Crippen LogP contribution in [0.4, 0.5) is 5.69 Å². The van der Waals surface area contributed by atoms with Crippen molar-refractivity contribution < 1.29 is 19.4 Å². The van der Waals surface area contributed by atoms with Crippen molar-refractivity contribution in [3.8, 4) is 5.75 Å². The summed E-state index contributed by atoms with van der Waals surface area (Å²) in [6.45, 7) is 2.93. The van der Waals surface area contributed by atoms with Gasteiger partial charge in [-0.1, -0.05) is 75.1 Å². The third kappa shape index (κ3) is 6.43. The number of amides is 1. The fourth-order valence-electron chi connectivity index (χ4n) is 3.33. The molecule has 1 N–H and O–H groups in total. The van der Waals surface area contributed by atoms with Crippen LogP contribution in [0, 0.1) is 0 Å². The second-order valence-electron chi connectivity index (χ2n) is 7.55. The molecule has 2 aromatic carbocycles. The first-order chi connectivity index (χ1) is 15.5. The van der Waals surface area contributed by atoms with Crippen LogP contribution in [-0.2, 0) is 4.79 Å². The van der Waals surface area contributed by atoms with E-state index >= 15 is 0 Å². The molecule has 0 spiro atoms. The largest absolute Gasteiger partial charge is 0.494 e. The van der Waals surface area contributed by atoms with Crippen LogP contribution >= 0.6 is 24.0 Å². The van der Waals surface area contributed by atoms with E-state index in [0.717, 1.165) is 17.7 Å². The molecule has 0 unspecified atom stereocenters. The molecule has 3 rings (SSSR count). The first kappa shape index (κ1) is 24.0. The quantitative estimate of drug-likeness (QED) is 0.229. The van der Waals surface area contributed by atoms with Crippen molar-refractivity contribution in [1.29, 1.82) is 0 Å². The molecule has 1 fully saturated rings. The van der Waals surface area contributed by atoms with Crippen LogP contribution in [0.1, 0.15) is 61.4 Å². The number of thiocarbonyl (C=S) groups is 1. The minimum atomic E-state index is -1.01. The molecular weight excluding hydrogens is 442 g/mol. The molecule has 1 aliphatic heterocycles. The summed E-state index contributed by atoms with van der Waals surface area (Å²) in [5.41, 5.74) is 1.60. The number of hydrogen-bond donors (Lipinski definition) is 1. The number of carboxylic acid groups (broad SMARTS) is 1. The number of unbranched alkanes of at least 4 members (excludes halogenated alkanes) is 5. The van der Waals surface area contributed by atoms with Gasteiger partial charge in [-0.3, -0.25) is 9.69 Å². The van der Waals surface area contributed by atoms with Gasteiger partial charge in [-0.25, -0.2) is 4.79 Å². The fourth-order valence-corrected chi connectivity index (χ4v) is 4.63. The summed E-state index contributed by atoms with van der Waals surface area (Å²) >= 11 is 6.61. The van der Waals surface area contributed by atoms with E-state index in [0.29, 0.717) is 21.5 Å². The van der Waals surface area contributed by atoms with Gasteiger partial charge in [0.1, 0.15) is 5.75 Å². The van der Waals surface area contributed by atoms with E-state index in [1.807, 2.05) is 30.3 Å². The van der Waals surface area contributed by atoms with Crippen LogP contribution in [-0.4, -0.2) is 27.9 Å². The normalized spacial score (nSPS) is 14.9. The second kappa shape index (κ2) is 11.8. The van der Waals surface area contributed by atoms with E-state index in [-0.39, 0.29) is 11.5 Å². The minimum absolute atomic E-state index is 0.161. The SMILES string of the molecule is CCCCCCCCOc1ccc(C=C2SC(=S)N(c3ccc(C(=O)O)cc3)C2=O)cc1. The van der Waals surface area contributed by atoms with E-state index in [9.17, 15) is 9.59 Å². The van der Waals surface area contributed by atoms with E-state index < -0.39 is 5.97 Å². The Labute approximate surface area is 198 Å². The van der Waals surface area contributed by atoms with Gasteiger partial charge in [-0.15, -0.1) is 0 Å². The summed E-state index contributed by atoms with van der Waals surface area (Å²) in [4.78, 5) is 25.9. The Morgan fingerprint density at radius 1 is 1.03 bits per heavy atom. The Balaban J connectivity index is 1.57. The summed E-state index contributed by atoms with van der Waals surface area (Å²) in [7, 11) is 0. The number of carboxylic acids is 1. The molecule has 1 aliphatic rings. The van der Waals surface area contributed by atoms with Gasteiger partial charge in [-0.05, 0) is 54.5 Å². The summed E-state index contributed by atoms with van der Waals surface area (Å²) in [5, 5.41) is 9.04. The van der Waals surface area contributed by atoms with Crippen molar-refractivity contribution in [2.45, 2.75) is 45.4 Å². The zero-order chi connectivity index (χ0) is 22.9. The lowest BCUT2D eigenvalue weighted by atomic mass is 10.1. The lowest BCUT2D eigenvalue weighted by Gasteiger charge is -2.14. The molecule has 7 heteroatoms. The van der Waals surface area contributed by atoms with E-state index in [2.05, 4.69) is 6.92 Å². The molecule has 0 atom stereocenters. The lowest BCUT2D eigenvalue weighted by molar-refractivity contribution is -0.113. The van der Waals surface area contributed by atoms with Crippen LogP contribution in [0.3, 0.4) is 0 Å². The summed E-state index contributed by atoms with van der Waals surface area (Å²) in [5.74, 6) is -0.408. The number of thioether (sulfide) groups is 1. The highest BCUT2D eigenvalue weighted by Gasteiger charge is 2.33. The van der Waals surface area contributed by atoms with E-state index in [1.165, 1.54) is 60.9 Å². The van der Waals surface area contributed by atoms with Crippen LogP contribution in [0.2, 0.25) is 0 Å². The molecule has 1 saturated heterocycles. The number of rotatable bonds is 11. The fraction of sp³-hybridized carbons (Fsp3) is 0.320. The van der Waals surface area contributed by atoms with E-state index in [1.54, 1.807) is 12.1 Å². The molecule has 5 nitrogen and oxygen atoms in total. The first-order valence-corrected chi connectivity index (χ1v) is 12.1. The van der Waals surface area contributed by atoms with Gasteiger partial charge in [0, 0.05) is 0 Å². The zero-order valence-corrected chi connectivity index (χ0v) is 19.7. The Hall–Kier alpha value is -2.64. The number of benzene rings is 2. The lowest BCUT2D eigenvalue weighted by Crippen LogP contribution is -2.27.